The van der Waals surface area contributed by atoms with Crippen molar-refractivity contribution in [1.29, 1.82) is 0 Å². The van der Waals surface area contributed by atoms with Crippen LogP contribution < -0.4 is 16.0 Å². The lowest BCUT2D eigenvalue weighted by Gasteiger charge is -2.41. The van der Waals surface area contributed by atoms with E-state index in [-0.39, 0.29) is 29.5 Å². The molecule has 0 aromatic carbocycles. The van der Waals surface area contributed by atoms with Crippen molar-refractivity contribution in [3.8, 4) is 0 Å². The van der Waals surface area contributed by atoms with Gasteiger partial charge in [0.05, 0.1) is 13.2 Å². The lowest BCUT2D eigenvalue weighted by atomic mass is 10.0. The Morgan fingerprint density at radius 1 is 1.08 bits per heavy atom. The second-order valence-corrected chi connectivity index (χ2v) is 7.69. The van der Waals surface area contributed by atoms with Gasteiger partial charge in [0.15, 0.2) is 5.96 Å². The summed E-state index contributed by atoms with van der Waals surface area (Å²) in [6, 6.07) is 0. The van der Waals surface area contributed by atoms with Crippen molar-refractivity contribution in [1.82, 2.24) is 20.9 Å². The summed E-state index contributed by atoms with van der Waals surface area (Å²) in [7, 11) is 1.73. The van der Waals surface area contributed by atoms with Crippen LogP contribution in [0.2, 0.25) is 0 Å². The molecule has 0 atom stereocenters. The van der Waals surface area contributed by atoms with Crippen molar-refractivity contribution in [3.05, 3.63) is 0 Å². The van der Waals surface area contributed by atoms with E-state index in [1.165, 1.54) is 0 Å². The third-order valence-corrected chi connectivity index (χ3v) is 3.86. The number of amides is 1. The Kier molecular flexibility index (Phi) is 11.4. The van der Waals surface area contributed by atoms with E-state index < -0.39 is 11.7 Å². The molecular weight excluding hydrogens is 449 g/mol. The summed E-state index contributed by atoms with van der Waals surface area (Å²) in [6.07, 6.45) is -0.411. The molecule has 0 unspecified atom stereocenters. The summed E-state index contributed by atoms with van der Waals surface area (Å²) in [4.78, 5) is 18.2. The van der Waals surface area contributed by atoms with Crippen LogP contribution in [0.25, 0.3) is 0 Å². The van der Waals surface area contributed by atoms with Crippen LogP contribution in [0, 0.1) is 0 Å². The van der Waals surface area contributed by atoms with Gasteiger partial charge >= 0.3 is 6.09 Å². The van der Waals surface area contributed by atoms with Gasteiger partial charge < -0.3 is 25.4 Å². The number of halogens is 1. The average Bonchev–Trinajstić information content (AvgIpc) is 2.53. The quantitative estimate of drug-likeness (QED) is 0.228. The van der Waals surface area contributed by atoms with Gasteiger partial charge in [-0.15, -0.1) is 24.0 Å². The van der Waals surface area contributed by atoms with E-state index in [0.717, 1.165) is 32.8 Å². The molecule has 1 amide bonds. The van der Waals surface area contributed by atoms with Crippen LogP contribution in [0.3, 0.4) is 0 Å². The van der Waals surface area contributed by atoms with E-state index in [1.54, 1.807) is 7.05 Å². The number of aliphatic imine (C=N–C) groups is 1. The van der Waals surface area contributed by atoms with Crippen LogP contribution in [0.5, 0.6) is 0 Å². The Morgan fingerprint density at radius 3 is 2.19 bits per heavy atom. The minimum Gasteiger partial charge on any atom is -0.444 e. The maximum atomic E-state index is 11.6. The number of guanidine groups is 1. The van der Waals surface area contributed by atoms with E-state index in [9.17, 15) is 4.79 Å². The van der Waals surface area contributed by atoms with Crippen molar-refractivity contribution in [2.45, 2.75) is 45.8 Å². The topological polar surface area (TPSA) is 87.2 Å². The highest BCUT2D eigenvalue weighted by Crippen LogP contribution is 2.14. The summed E-state index contributed by atoms with van der Waals surface area (Å²) in [6.45, 7) is 15.2. The monoisotopic (exact) mass is 485 g/mol. The number of nitrogens with zero attached hydrogens (tertiary/aromatic N) is 2. The second kappa shape index (κ2) is 11.8. The molecule has 1 fully saturated rings. The third kappa shape index (κ3) is 10.4. The largest absolute Gasteiger partial charge is 0.444 e. The summed E-state index contributed by atoms with van der Waals surface area (Å²) in [5, 5.41) is 9.25. The number of rotatable bonds is 6. The molecule has 9 heteroatoms. The Bertz CT molecular complexity index is 446. The number of carbonyl (C=O) groups is 1. The van der Waals surface area contributed by atoms with E-state index in [1.807, 2.05) is 20.8 Å². The van der Waals surface area contributed by atoms with Gasteiger partial charge in [-0.25, -0.2) is 4.79 Å². The fourth-order valence-electron chi connectivity index (χ4n) is 2.46. The molecular formula is C17H36IN5O3. The molecule has 0 aliphatic carbocycles. The Morgan fingerprint density at radius 2 is 1.65 bits per heavy atom. The summed E-state index contributed by atoms with van der Waals surface area (Å²) in [5.74, 6) is 0.715. The molecule has 154 valence electrons. The normalized spacial score (nSPS) is 16.5. The molecule has 0 spiro atoms. The molecule has 8 nitrogen and oxygen atoms in total. The highest BCUT2D eigenvalue weighted by molar-refractivity contribution is 14.0. The number of morpholine rings is 1. The number of hydrogen-bond acceptors (Lipinski definition) is 5. The number of nitrogens with one attached hydrogen (secondary N) is 3. The first kappa shape index (κ1) is 25.2. The number of carbonyl (C=O) groups excluding carboxylic acids is 1. The predicted octanol–water partition coefficient (Wildman–Crippen LogP) is 1.40. The highest BCUT2D eigenvalue weighted by Gasteiger charge is 2.28. The van der Waals surface area contributed by atoms with Gasteiger partial charge in [-0.05, 0) is 34.6 Å². The maximum absolute atomic E-state index is 11.6. The van der Waals surface area contributed by atoms with E-state index in [0.29, 0.717) is 19.0 Å². The van der Waals surface area contributed by atoms with Gasteiger partial charge in [0.25, 0.3) is 0 Å². The minimum atomic E-state index is -0.486. The van der Waals surface area contributed by atoms with E-state index >= 15 is 0 Å². The van der Waals surface area contributed by atoms with E-state index in [4.69, 9.17) is 9.47 Å². The molecule has 1 aliphatic heterocycles. The summed E-state index contributed by atoms with van der Waals surface area (Å²) < 4.78 is 10.6. The molecule has 1 heterocycles. The van der Waals surface area contributed by atoms with Gasteiger partial charge in [-0.3, -0.25) is 9.89 Å². The van der Waals surface area contributed by atoms with Gasteiger partial charge in [0.2, 0.25) is 0 Å². The van der Waals surface area contributed by atoms with Crippen molar-refractivity contribution < 1.29 is 14.3 Å². The standard InChI is InChI=1S/C17H35N5O3.HI/c1-16(2,3)25-15(23)20-8-7-19-14(18-6)21-13-17(4,5)22-9-11-24-12-10-22;/h7-13H2,1-6H3,(H,20,23)(H2,18,19,21);1H. The smallest absolute Gasteiger partial charge is 0.407 e. The molecule has 3 N–H and O–H groups in total. The van der Waals surface area contributed by atoms with Crippen LogP contribution in [0.15, 0.2) is 4.99 Å². The predicted molar refractivity (Wildman–Crippen MR) is 115 cm³/mol. The summed E-state index contributed by atoms with van der Waals surface area (Å²) >= 11 is 0. The van der Waals surface area contributed by atoms with Crippen LogP contribution in [-0.2, 0) is 9.47 Å². The van der Waals surface area contributed by atoms with Gasteiger partial charge in [0.1, 0.15) is 5.60 Å². The van der Waals surface area contributed by atoms with Crippen LogP contribution >= 0.6 is 24.0 Å². The Hall–Kier alpha value is -0.810. The second-order valence-electron chi connectivity index (χ2n) is 7.69. The first-order valence-corrected chi connectivity index (χ1v) is 8.88. The molecule has 0 aromatic rings. The zero-order valence-corrected chi connectivity index (χ0v) is 19.3. The van der Waals surface area contributed by atoms with Crippen LogP contribution in [0.1, 0.15) is 34.6 Å². The molecule has 1 saturated heterocycles. The maximum Gasteiger partial charge on any atom is 0.407 e. The number of ether oxygens (including phenoxy) is 2. The lowest BCUT2D eigenvalue weighted by Crippen LogP contribution is -2.56. The minimum absolute atomic E-state index is 0. The first-order chi connectivity index (χ1) is 11.6. The molecule has 0 aromatic heterocycles. The van der Waals surface area contributed by atoms with Crippen molar-refractivity contribution in [2.24, 2.45) is 4.99 Å². The molecule has 26 heavy (non-hydrogen) atoms. The lowest BCUT2D eigenvalue weighted by molar-refractivity contribution is -0.00833. The van der Waals surface area contributed by atoms with Crippen molar-refractivity contribution in [2.75, 3.05) is 53.0 Å². The average molecular weight is 485 g/mol. The highest BCUT2D eigenvalue weighted by atomic mass is 127. The van der Waals surface area contributed by atoms with Gasteiger partial charge in [0, 0.05) is 45.3 Å². The first-order valence-electron chi connectivity index (χ1n) is 8.88. The number of hydrogen-bond donors (Lipinski definition) is 3. The SMILES string of the molecule is CN=C(NCCNC(=O)OC(C)(C)C)NCC(C)(C)N1CCOCC1.I. The molecule has 0 bridgehead atoms. The number of alkyl carbamates (subject to hydrolysis) is 1. The van der Waals surface area contributed by atoms with E-state index in [2.05, 4.69) is 39.7 Å². The molecule has 1 aliphatic rings. The molecule has 0 radical (unpaired) electrons. The third-order valence-electron chi connectivity index (χ3n) is 3.86. The fraction of sp³-hybridized carbons (Fsp3) is 0.882. The van der Waals surface area contributed by atoms with Crippen molar-refractivity contribution >= 4 is 36.0 Å². The van der Waals surface area contributed by atoms with Crippen LogP contribution in [-0.4, -0.2) is 81.1 Å². The van der Waals surface area contributed by atoms with Crippen LogP contribution in [0.4, 0.5) is 4.79 Å². The van der Waals surface area contributed by atoms with Gasteiger partial charge in [-0.2, -0.15) is 0 Å². The Labute approximate surface area is 174 Å². The molecule has 1 rings (SSSR count). The fourth-order valence-corrected chi connectivity index (χ4v) is 2.46. The Balaban J connectivity index is 0.00000625. The van der Waals surface area contributed by atoms with Crippen molar-refractivity contribution in [3.63, 3.8) is 0 Å². The zero-order valence-electron chi connectivity index (χ0n) is 17.0. The zero-order chi connectivity index (χ0) is 18.9. The molecule has 0 saturated carbocycles. The summed E-state index contributed by atoms with van der Waals surface area (Å²) in [5.41, 5.74) is -0.476. The van der Waals surface area contributed by atoms with Gasteiger partial charge in [-0.1, -0.05) is 0 Å².